The van der Waals surface area contributed by atoms with E-state index < -0.39 is 5.41 Å². The van der Waals surface area contributed by atoms with Crippen LogP contribution in [-0.2, 0) is 5.41 Å². The molecular weight excluding hydrogens is 923 g/mol. The van der Waals surface area contributed by atoms with Crippen molar-refractivity contribution < 1.29 is 8.83 Å². The second-order valence-electron chi connectivity index (χ2n) is 19.9. The summed E-state index contributed by atoms with van der Waals surface area (Å²) in [7, 11) is 0. The minimum atomic E-state index is -0.651. The molecule has 2 heterocycles. The molecule has 15 rings (SSSR count). The highest BCUT2D eigenvalue weighted by Gasteiger charge is 2.47. The fourth-order valence-corrected chi connectivity index (χ4v) is 12.3. The number of anilines is 3. The van der Waals surface area contributed by atoms with Gasteiger partial charge >= 0.3 is 0 Å². The molecule has 14 aromatic rings. The van der Waals surface area contributed by atoms with Crippen LogP contribution in [0, 0.1) is 0 Å². The number of nitrogens with zero attached hydrogens (tertiary/aromatic N) is 1. The summed E-state index contributed by atoms with van der Waals surface area (Å²) in [5, 5.41) is 4.47. The van der Waals surface area contributed by atoms with Crippen LogP contribution in [0.15, 0.2) is 294 Å². The van der Waals surface area contributed by atoms with Gasteiger partial charge in [-0.3, -0.25) is 0 Å². The predicted octanol–water partition coefficient (Wildman–Crippen LogP) is 20.0. The molecule has 0 amide bonds. The first-order chi connectivity index (χ1) is 37.7. The quantitative estimate of drug-likeness (QED) is 0.144. The van der Waals surface area contributed by atoms with Crippen molar-refractivity contribution in [2.45, 2.75) is 5.41 Å². The number of hydrogen-bond acceptors (Lipinski definition) is 3. The smallest absolute Gasteiger partial charge is 0.143 e. The van der Waals surface area contributed by atoms with Gasteiger partial charge < -0.3 is 13.7 Å². The van der Waals surface area contributed by atoms with Gasteiger partial charge in [-0.25, -0.2) is 0 Å². The predicted molar refractivity (Wildman–Crippen MR) is 315 cm³/mol. The van der Waals surface area contributed by atoms with Crippen LogP contribution in [-0.4, -0.2) is 0 Å². The Balaban J connectivity index is 0.934. The van der Waals surface area contributed by atoms with E-state index in [1.807, 2.05) is 24.3 Å². The van der Waals surface area contributed by atoms with Crippen molar-refractivity contribution in [2.75, 3.05) is 4.90 Å². The van der Waals surface area contributed by atoms with Gasteiger partial charge in [0.05, 0.1) is 11.1 Å². The molecule has 1 aliphatic rings. The number of hydrogen-bond donors (Lipinski definition) is 0. The number of furan rings is 2. The third kappa shape index (κ3) is 6.83. The zero-order valence-corrected chi connectivity index (χ0v) is 41.4. The number of benzene rings is 12. The molecule has 3 heteroatoms. The van der Waals surface area contributed by atoms with Gasteiger partial charge in [-0.2, -0.15) is 0 Å². The lowest BCUT2D eigenvalue weighted by Gasteiger charge is -2.35. The van der Waals surface area contributed by atoms with Gasteiger partial charge in [-0.1, -0.05) is 243 Å². The average molecular weight is 970 g/mol. The Morgan fingerprint density at radius 2 is 0.645 bits per heavy atom. The van der Waals surface area contributed by atoms with Gasteiger partial charge in [0.25, 0.3) is 0 Å². The van der Waals surface area contributed by atoms with E-state index in [0.29, 0.717) is 0 Å². The Hall–Kier alpha value is -9.96. The highest BCUT2D eigenvalue weighted by atomic mass is 16.3. The van der Waals surface area contributed by atoms with Gasteiger partial charge in [-0.05, 0) is 104 Å². The largest absolute Gasteiger partial charge is 0.455 e. The molecule has 0 radical (unpaired) electrons. The Kier molecular flexibility index (Phi) is 10.1. The van der Waals surface area contributed by atoms with Crippen LogP contribution in [0.4, 0.5) is 17.1 Å². The third-order valence-corrected chi connectivity index (χ3v) is 15.8. The first-order valence-electron chi connectivity index (χ1n) is 26.1. The molecule has 0 atom stereocenters. The third-order valence-electron chi connectivity index (χ3n) is 15.8. The van der Waals surface area contributed by atoms with Crippen molar-refractivity contribution in [3.8, 4) is 55.6 Å². The highest BCUT2D eigenvalue weighted by molar-refractivity contribution is 6.11. The molecule has 0 spiro atoms. The lowest BCUT2D eigenvalue weighted by molar-refractivity contribution is 0.669. The summed E-state index contributed by atoms with van der Waals surface area (Å²) in [6.45, 7) is 0. The molecular formula is C73H47NO2. The minimum absolute atomic E-state index is 0.651. The number of para-hydroxylation sites is 4. The maximum absolute atomic E-state index is 6.56. The van der Waals surface area contributed by atoms with E-state index in [1.54, 1.807) is 0 Å². The van der Waals surface area contributed by atoms with E-state index >= 15 is 0 Å². The van der Waals surface area contributed by atoms with Crippen LogP contribution in [0.1, 0.15) is 22.3 Å². The molecule has 0 unspecified atom stereocenters. The Bertz CT molecular complexity index is 4230. The summed E-state index contributed by atoms with van der Waals surface area (Å²) < 4.78 is 13.1. The van der Waals surface area contributed by atoms with Crippen LogP contribution in [0.25, 0.3) is 99.5 Å². The van der Waals surface area contributed by atoms with E-state index in [2.05, 4.69) is 266 Å². The molecule has 0 saturated heterocycles. The fraction of sp³-hybridized carbons (Fsp3) is 0.0137. The molecule has 356 valence electrons. The van der Waals surface area contributed by atoms with Crippen LogP contribution in [0.5, 0.6) is 0 Å². The van der Waals surface area contributed by atoms with E-state index in [9.17, 15) is 0 Å². The van der Waals surface area contributed by atoms with Crippen molar-refractivity contribution in [2.24, 2.45) is 0 Å². The monoisotopic (exact) mass is 969 g/mol. The van der Waals surface area contributed by atoms with Crippen molar-refractivity contribution in [1.82, 2.24) is 0 Å². The molecule has 12 aromatic carbocycles. The molecule has 1 aliphatic carbocycles. The van der Waals surface area contributed by atoms with E-state index in [0.717, 1.165) is 83.2 Å². The van der Waals surface area contributed by atoms with Crippen molar-refractivity contribution in [3.05, 3.63) is 307 Å². The first kappa shape index (κ1) is 43.6. The van der Waals surface area contributed by atoms with Gasteiger partial charge in [0.15, 0.2) is 0 Å². The van der Waals surface area contributed by atoms with Gasteiger partial charge in [-0.15, -0.1) is 0 Å². The van der Waals surface area contributed by atoms with Crippen LogP contribution < -0.4 is 4.90 Å². The number of fused-ring (bicyclic) bond motifs is 9. The standard InChI is InChI=1S/C73H47NO2/c1-3-16-48(17-4-1)50-32-40-54(41-33-50)73(55-42-34-51(35-43-55)49-18-5-2-6-19-49)65-27-10-7-22-64(65)70-66(73)28-15-29-67(70)74(56-44-36-52(37-45-56)58-23-13-25-62-60-20-8-11-30-68(60)75-71(58)62)57-46-38-53(39-47-57)59-24-14-26-63-61-21-9-12-31-69(61)76-72(59)63/h1-47H. The Labute approximate surface area is 440 Å². The molecule has 0 N–H and O–H groups in total. The highest BCUT2D eigenvalue weighted by Crippen LogP contribution is 2.60. The van der Waals surface area contributed by atoms with Crippen molar-refractivity contribution >= 4 is 60.9 Å². The summed E-state index contributed by atoms with van der Waals surface area (Å²) in [5.41, 5.74) is 22.5. The summed E-state index contributed by atoms with van der Waals surface area (Å²) in [4.78, 5) is 2.44. The molecule has 0 saturated carbocycles. The SMILES string of the molecule is c1ccc(-c2ccc(C3(c4ccc(-c5ccccc5)cc4)c4ccccc4-c4c(N(c5ccc(-c6cccc7c6oc6ccccc67)cc5)c5ccc(-c6cccc7c6oc6ccccc67)cc5)cccc43)cc2)cc1. The lowest BCUT2D eigenvalue weighted by Crippen LogP contribution is -2.28. The maximum atomic E-state index is 6.56. The topological polar surface area (TPSA) is 29.5 Å². The lowest BCUT2D eigenvalue weighted by atomic mass is 9.67. The second kappa shape index (κ2) is 17.6. The van der Waals surface area contributed by atoms with Crippen LogP contribution in [0.3, 0.4) is 0 Å². The van der Waals surface area contributed by atoms with E-state index in [4.69, 9.17) is 8.83 Å². The summed E-state index contributed by atoms with van der Waals surface area (Å²) in [6.07, 6.45) is 0. The molecule has 3 nitrogen and oxygen atoms in total. The summed E-state index contributed by atoms with van der Waals surface area (Å²) in [5.74, 6) is 0. The van der Waals surface area contributed by atoms with Crippen LogP contribution in [0.2, 0.25) is 0 Å². The molecule has 0 fully saturated rings. The van der Waals surface area contributed by atoms with Crippen molar-refractivity contribution in [3.63, 3.8) is 0 Å². The fourth-order valence-electron chi connectivity index (χ4n) is 12.3. The molecule has 76 heavy (non-hydrogen) atoms. The maximum Gasteiger partial charge on any atom is 0.143 e. The zero-order chi connectivity index (χ0) is 50.2. The van der Waals surface area contributed by atoms with Gasteiger partial charge in [0.2, 0.25) is 0 Å². The number of rotatable bonds is 9. The normalized spacial score (nSPS) is 12.6. The van der Waals surface area contributed by atoms with E-state index in [1.165, 1.54) is 55.6 Å². The minimum Gasteiger partial charge on any atom is -0.455 e. The Morgan fingerprint density at radius 1 is 0.263 bits per heavy atom. The van der Waals surface area contributed by atoms with Crippen molar-refractivity contribution in [1.29, 1.82) is 0 Å². The van der Waals surface area contributed by atoms with E-state index in [-0.39, 0.29) is 0 Å². The summed E-state index contributed by atoms with van der Waals surface area (Å²) >= 11 is 0. The second-order valence-corrected chi connectivity index (χ2v) is 19.9. The molecule has 0 aliphatic heterocycles. The van der Waals surface area contributed by atoms with Gasteiger partial charge in [0.1, 0.15) is 22.3 Å². The average Bonchev–Trinajstić information content (AvgIpc) is 4.26. The zero-order valence-electron chi connectivity index (χ0n) is 41.4. The molecule has 2 aromatic heterocycles. The Morgan fingerprint density at radius 3 is 1.16 bits per heavy atom. The first-order valence-corrected chi connectivity index (χ1v) is 26.1. The van der Waals surface area contributed by atoms with Gasteiger partial charge in [0, 0.05) is 49.6 Å². The van der Waals surface area contributed by atoms with Crippen LogP contribution >= 0.6 is 0 Å². The summed E-state index contributed by atoms with van der Waals surface area (Å²) in [6, 6.07) is 103. The molecule has 0 bridgehead atoms.